The Bertz CT molecular complexity index is 477. The maximum Gasteiger partial charge on any atom is 0.410 e. The molecule has 0 atom stereocenters. The van der Waals surface area contributed by atoms with Crippen LogP contribution < -0.4 is 0 Å². The van der Waals surface area contributed by atoms with Crippen molar-refractivity contribution < 1.29 is 14.0 Å². The van der Waals surface area contributed by atoms with Crippen molar-refractivity contribution in [1.82, 2.24) is 4.90 Å². The standard InChI is InChI=1S/C17H25N2O2/c1-3-21-17(20)18-11-14-19(2,15-12-18)13-7-10-16-8-5-4-6-9-16/h4-10H,3,11-15H2,1-2H3/q+1/b10-7+. The van der Waals surface area contributed by atoms with E-state index in [-0.39, 0.29) is 6.09 Å². The second-order valence-electron chi connectivity index (χ2n) is 5.75. The van der Waals surface area contributed by atoms with Gasteiger partial charge in [-0.15, -0.1) is 0 Å². The van der Waals surface area contributed by atoms with E-state index >= 15 is 0 Å². The Balaban J connectivity index is 1.82. The SMILES string of the molecule is CCOC(=O)N1CC[N+](C)(C/C=C/c2ccccc2)CC1. The number of amides is 1. The third-order valence-electron chi connectivity index (χ3n) is 4.00. The predicted molar refractivity (Wildman–Crippen MR) is 84.9 cm³/mol. The summed E-state index contributed by atoms with van der Waals surface area (Å²) in [4.78, 5) is 13.5. The average molecular weight is 289 g/mol. The van der Waals surface area contributed by atoms with E-state index in [2.05, 4.69) is 31.3 Å². The Kier molecular flexibility index (Phi) is 5.39. The van der Waals surface area contributed by atoms with Crippen LogP contribution in [-0.2, 0) is 4.74 Å². The van der Waals surface area contributed by atoms with Gasteiger partial charge in [-0.3, -0.25) is 4.90 Å². The molecule has 0 bridgehead atoms. The number of likely N-dealkylation sites (N-methyl/N-ethyl adjacent to an activating group) is 1. The minimum atomic E-state index is -0.177. The molecule has 0 radical (unpaired) electrons. The van der Waals surface area contributed by atoms with Crippen molar-refractivity contribution in [3.8, 4) is 0 Å². The number of benzene rings is 1. The molecule has 1 fully saturated rings. The number of carbonyl (C=O) groups is 1. The summed E-state index contributed by atoms with van der Waals surface area (Å²) in [5.74, 6) is 0. The van der Waals surface area contributed by atoms with Gasteiger partial charge in [0.2, 0.25) is 0 Å². The molecule has 0 aliphatic carbocycles. The van der Waals surface area contributed by atoms with Gasteiger partial charge in [0.05, 0.1) is 46.4 Å². The van der Waals surface area contributed by atoms with Crippen molar-refractivity contribution in [1.29, 1.82) is 0 Å². The molecule has 1 saturated heterocycles. The van der Waals surface area contributed by atoms with Crippen molar-refractivity contribution in [2.75, 3.05) is 46.4 Å². The van der Waals surface area contributed by atoms with Gasteiger partial charge in [0.15, 0.2) is 0 Å². The van der Waals surface area contributed by atoms with Gasteiger partial charge in [-0.25, -0.2) is 4.79 Å². The highest BCUT2D eigenvalue weighted by Gasteiger charge is 2.30. The first kappa shape index (κ1) is 15.6. The van der Waals surface area contributed by atoms with E-state index in [0.29, 0.717) is 6.61 Å². The van der Waals surface area contributed by atoms with Gasteiger partial charge < -0.3 is 9.22 Å². The maximum absolute atomic E-state index is 11.7. The smallest absolute Gasteiger partial charge is 0.410 e. The molecule has 1 amide bonds. The van der Waals surface area contributed by atoms with Crippen LogP contribution in [0.2, 0.25) is 0 Å². The number of ether oxygens (including phenoxy) is 1. The number of hydrogen-bond donors (Lipinski definition) is 0. The van der Waals surface area contributed by atoms with Crippen LogP contribution in [0, 0.1) is 0 Å². The van der Waals surface area contributed by atoms with Gasteiger partial charge in [-0.2, -0.15) is 0 Å². The van der Waals surface area contributed by atoms with Gasteiger partial charge in [0.25, 0.3) is 0 Å². The zero-order valence-corrected chi connectivity index (χ0v) is 13.0. The Labute approximate surface area is 127 Å². The molecule has 0 N–H and O–H groups in total. The summed E-state index contributed by atoms with van der Waals surface area (Å²) >= 11 is 0. The number of nitrogens with zero attached hydrogens (tertiary/aromatic N) is 2. The van der Waals surface area contributed by atoms with Crippen LogP contribution in [0.25, 0.3) is 6.08 Å². The Hall–Kier alpha value is -1.81. The molecular weight excluding hydrogens is 264 g/mol. The summed E-state index contributed by atoms with van der Waals surface area (Å²) in [5, 5.41) is 0. The first-order valence-corrected chi connectivity index (χ1v) is 7.60. The third kappa shape index (κ3) is 4.60. The number of quaternary nitrogens is 1. The van der Waals surface area contributed by atoms with Crippen LogP contribution in [0.1, 0.15) is 12.5 Å². The molecule has 2 rings (SSSR count). The Morgan fingerprint density at radius 3 is 2.57 bits per heavy atom. The first-order valence-electron chi connectivity index (χ1n) is 7.60. The molecule has 0 unspecified atom stereocenters. The molecule has 1 heterocycles. The van der Waals surface area contributed by atoms with E-state index < -0.39 is 0 Å². The lowest BCUT2D eigenvalue weighted by molar-refractivity contribution is -0.907. The lowest BCUT2D eigenvalue weighted by atomic mass is 10.2. The van der Waals surface area contributed by atoms with E-state index in [4.69, 9.17) is 4.74 Å². The average Bonchev–Trinajstić information content (AvgIpc) is 2.49. The largest absolute Gasteiger partial charge is 0.450 e. The highest BCUT2D eigenvalue weighted by atomic mass is 16.6. The summed E-state index contributed by atoms with van der Waals surface area (Å²) in [6, 6.07) is 10.3. The predicted octanol–water partition coefficient (Wildman–Crippen LogP) is 2.62. The minimum absolute atomic E-state index is 0.177. The molecule has 0 saturated carbocycles. The van der Waals surface area contributed by atoms with Crippen molar-refractivity contribution in [3.63, 3.8) is 0 Å². The Morgan fingerprint density at radius 1 is 1.29 bits per heavy atom. The monoisotopic (exact) mass is 289 g/mol. The van der Waals surface area contributed by atoms with Crippen LogP contribution in [0.5, 0.6) is 0 Å². The van der Waals surface area contributed by atoms with E-state index in [0.717, 1.165) is 37.2 Å². The van der Waals surface area contributed by atoms with E-state index in [1.807, 2.05) is 30.0 Å². The summed E-state index contributed by atoms with van der Waals surface area (Å²) in [5.41, 5.74) is 1.23. The van der Waals surface area contributed by atoms with Crippen LogP contribution in [-0.4, -0.2) is 61.9 Å². The quantitative estimate of drug-likeness (QED) is 0.798. The van der Waals surface area contributed by atoms with Crippen LogP contribution in [0.4, 0.5) is 4.79 Å². The van der Waals surface area contributed by atoms with Gasteiger partial charge in [-0.05, 0) is 18.6 Å². The maximum atomic E-state index is 11.7. The molecule has 21 heavy (non-hydrogen) atoms. The molecule has 1 aromatic carbocycles. The van der Waals surface area contributed by atoms with Gasteiger partial charge in [-0.1, -0.05) is 36.4 Å². The topological polar surface area (TPSA) is 29.5 Å². The van der Waals surface area contributed by atoms with Crippen molar-refractivity contribution in [3.05, 3.63) is 42.0 Å². The lowest BCUT2D eigenvalue weighted by Gasteiger charge is -2.40. The zero-order chi connectivity index (χ0) is 15.1. The molecule has 4 nitrogen and oxygen atoms in total. The number of piperazine rings is 1. The molecule has 4 heteroatoms. The summed E-state index contributed by atoms with van der Waals surface area (Å²) in [7, 11) is 2.25. The highest BCUT2D eigenvalue weighted by molar-refractivity contribution is 5.67. The molecule has 0 spiro atoms. The number of carbonyl (C=O) groups excluding carboxylic acids is 1. The van der Waals surface area contributed by atoms with Gasteiger partial charge >= 0.3 is 6.09 Å². The Morgan fingerprint density at radius 2 is 1.95 bits per heavy atom. The molecule has 0 aromatic heterocycles. The first-order chi connectivity index (χ1) is 10.1. The van der Waals surface area contributed by atoms with Gasteiger partial charge in [0, 0.05) is 0 Å². The molecule has 114 valence electrons. The lowest BCUT2D eigenvalue weighted by Crippen LogP contribution is -2.58. The van der Waals surface area contributed by atoms with Crippen molar-refractivity contribution in [2.45, 2.75) is 6.92 Å². The second kappa shape index (κ2) is 7.27. The number of rotatable bonds is 4. The van der Waals surface area contributed by atoms with Crippen LogP contribution >= 0.6 is 0 Å². The van der Waals surface area contributed by atoms with E-state index in [1.54, 1.807) is 0 Å². The molecule has 1 aromatic rings. The zero-order valence-electron chi connectivity index (χ0n) is 13.0. The van der Waals surface area contributed by atoms with E-state index in [9.17, 15) is 4.79 Å². The van der Waals surface area contributed by atoms with E-state index in [1.165, 1.54) is 5.56 Å². The molecular formula is C17H25N2O2+. The minimum Gasteiger partial charge on any atom is -0.450 e. The summed E-state index contributed by atoms with van der Waals surface area (Å²) in [6.45, 7) is 6.77. The van der Waals surface area contributed by atoms with Crippen molar-refractivity contribution in [2.24, 2.45) is 0 Å². The molecule has 1 aliphatic rings. The summed E-state index contributed by atoms with van der Waals surface area (Å²) < 4.78 is 6.03. The number of hydrogen-bond acceptors (Lipinski definition) is 2. The third-order valence-corrected chi connectivity index (χ3v) is 4.00. The second-order valence-corrected chi connectivity index (χ2v) is 5.75. The molecule has 1 aliphatic heterocycles. The van der Waals surface area contributed by atoms with Crippen molar-refractivity contribution >= 4 is 12.2 Å². The fraction of sp³-hybridized carbons (Fsp3) is 0.471. The van der Waals surface area contributed by atoms with Crippen LogP contribution in [0.3, 0.4) is 0 Å². The fourth-order valence-corrected chi connectivity index (χ4v) is 2.54. The van der Waals surface area contributed by atoms with Crippen LogP contribution in [0.15, 0.2) is 36.4 Å². The fourth-order valence-electron chi connectivity index (χ4n) is 2.54. The highest BCUT2D eigenvalue weighted by Crippen LogP contribution is 2.12. The summed E-state index contributed by atoms with van der Waals surface area (Å²) in [6.07, 6.45) is 4.22. The normalized spacial score (nSPS) is 17.9. The van der Waals surface area contributed by atoms with Gasteiger partial charge in [0.1, 0.15) is 0 Å².